The fourth-order valence-electron chi connectivity index (χ4n) is 5.42. The van der Waals surface area contributed by atoms with Crippen LogP contribution in [0.1, 0.15) is 20.3 Å². The third-order valence-corrected chi connectivity index (χ3v) is 7.84. The SMILES string of the molecule is CC(=O)NC[C@@H](O)[C@@H](O)[C@@H]1O[C@@](O[C@H]2[C@@H](O)[C@@H](CO)O[C@@H](O[C@H]3[C@H](O)[C@@H](O)C(O)O[C@@H]3CO)[C@@H]2O)(C(=O)O)C[C@H](O)[C@H]1NC(C)=O. The number of carbonyl (C=O) groups is 3. The summed E-state index contributed by atoms with van der Waals surface area (Å²) < 4.78 is 27.1. The summed E-state index contributed by atoms with van der Waals surface area (Å²) in [4.78, 5) is 35.8. The van der Waals surface area contributed by atoms with Gasteiger partial charge >= 0.3 is 5.97 Å². The zero-order valence-electron chi connectivity index (χ0n) is 24.7. The minimum Gasteiger partial charge on any atom is -0.477 e. The van der Waals surface area contributed by atoms with Crippen LogP contribution in [0, 0.1) is 0 Å². The number of nitrogens with one attached hydrogen (secondary N) is 2. The third kappa shape index (κ3) is 8.26. The smallest absolute Gasteiger partial charge is 0.364 e. The van der Waals surface area contributed by atoms with E-state index in [9.17, 15) is 70.6 Å². The Bertz CT molecular complexity index is 1050. The number of amides is 2. The topological polar surface area (TPSA) is 344 Å². The Labute approximate surface area is 260 Å². The molecule has 0 aliphatic carbocycles. The molecule has 3 saturated heterocycles. The molecule has 3 heterocycles. The van der Waals surface area contributed by atoms with Crippen molar-refractivity contribution in [2.75, 3.05) is 19.8 Å². The molecular formula is C25H42N2O19. The second-order valence-corrected chi connectivity index (χ2v) is 11.3. The summed E-state index contributed by atoms with van der Waals surface area (Å²) in [7, 11) is 0. The van der Waals surface area contributed by atoms with Crippen molar-refractivity contribution in [2.45, 2.75) is 118 Å². The van der Waals surface area contributed by atoms with Crippen LogP contribution < -0.4 is 10.6 Å². The molecule has 0 saturated carbocycles. The van der Waals surface area contributed by atoms with Crippen LogP contribution >= 0.6 is 0 Å². The lowest BCUT2D eigenvalue weighted by atomic mass is 9.88. The van der Waals surface area contributed by atoms with Gasteiger partial charge in [-0.2, -0.15) is 0 Å². The van der Waals surface area contributed by atoms with Crippen molar-refractivity contribution in [3.63, 3.8) is 0 Å². The van der Waals surface area contributed by atoms with E-state index in [2.05, 4.69) is 10.6 Å². The minimum atomic E-state index is -3.04. The molecule has 0 spiro atoms. The Kier molecular flexibility index (Phi) is 13.1. The van der Waals surface area contributed by atoms with E-state index >= 15 is 0 Å². The maximum Gasteiger partial charge on any atom is 0.364 e. The standard InChI is InChI=1S/C25H42N2O19/c1-7(30)26-4-10(33)14(34)20-13(27-8(2)31)9(32)3-25(45-20,24(40)41)46-21-15(35)11(5-28)43-23(18(21)38)44-19-12(6-29)42-22(39)17(37)16(19)36/h9-23,28-29,32-39H,3-6H2,1-2H3,(H,26,30)(H,27,31)(H,40,41)/t9-,10+,11+,12+,13+,14+,15-,16+,17+,18+,19+,20+,21-,22?,23-,25-/m0/s1. The van der Waals surface area contributed by atoms with Crippen molar-refractivity contribution < 1.29 is 94.2 Å². The molecule has 0 aromatic rings. The van der Waals surface area contributed by atoms with Crippen LogP contribution in [0.2, 0.25) is 0 Å². The number of ether oxygens (including phenoxy) is 5. The Morgan fingerprint density at radius 1 is 0.870 bits per heavy atom. The maximum atomic E-state index is 12.7. The summed E-state index contributed by atoms with van der Waals surface area (Å²) in [5.74, 6) is -6.36. The number of aliphatic carboxylic acids is 1. The van der Waals surface area contributed by atoms with Crippen LogP contribution in [0.4, 0.5) is 0 Å². The van der Waals surface area contributed by atoms with Gasteiger partial charge in [-0.25, -0.2) is 4.79 Å². The number of carboxylic acid groups (broad SMARTS) is 1. The van der Waals surface area contributed by atoms with Crippen LogP contribution in [0.25, 0.3) is 0 Å². The van der Waals surface area contributed by atoms with Crippen molar-refractivity contribution in [1.82, 2.24) is 10.6 Å². The highest BCUT2D eigenvalue weighted by Crippen LogP contribution is 2.38. The van der Waals surface area contributed by atoms with Crippen molar-refractivity contribution in [3.8, 4) is 0 Å². The number of carboxylic acids is 1. The molecule has 21 heteroatoms. The highest BCUT2D eigenvalue weighted by Gasteiger charge is 2.60. The molecule has 0 aromatic heterocycles. The van der Waals surface area contributed by atoms with Gasteiger partial charge in [0.15, 0.2) is 12.6 Å². The molecule has 2 amide bonds. The summed E-state index contributed by atoms with van der Waals surface area (Å²) in [5, 5.41) is 119. The normalized spacial score (nSPS) is 42.9. The fourth-order valence-corrected chi connectivity index (χ4v) is 5.42. The van der Waals surface area contributed by atoms with Gasteiger partial charge in [0, 0.05) is 26.8 Å². The van der Waals surface area contributed by atoms with E-state index in [0.717, 1.165) is 13.8 Å². The zero-order valence-corrected chi connectivity index (χ0v) is 24.7. The van der Waals surface area contributed by atoms with Crippen molar-refractivity contribution in [1.29, 1.82) is 0 Å². The van der Waals surface area contributed by atoms with Gasteiger partial charge in [0.05, 0.1) is 31.5 Å². The van der Waals surface area contributed by atoms with Crippen molar-refractivity contribution in [3.05, 3.63) is 0 Å². The molecule has 266 valence electrons. The highest BCUT2D eigenvalue weighted by molar-refractivity contribution is 5.76. The first-order chi connectivity index (χ1) is 21.5. The van der Waals surface area contributed by atoms with Crippen LogP contribution in [-0.4, -0.2) is 191 Å². The molecule has 46 heavy (non-hydrogen) atoms. The predicted molar refractivity (Wildman–Crippen MR) is 142 cm³/mol. The molecule has 3 rings (SSSR count). The monoisotopic (exact) mass is 674 g/mol. The Balaban J connectivity index is 1.94. The van der Waals surface area contributed by atoms with Crippen LogP contribution in [0.15, 0.2) is 0 Å². The summed E-state index contributed by atoms with van der Waals surface area (Å²) in [6.07, 6.45) is -27.8. The second-order valence-electron chi connectivity index (χ2n) is 11.3. The molecule has 3 fully saturated rings. The number of hydrogen-bond donors (Lipinski definition) is 13. The zero-order chi connectivity index (χ0) is 34.7. The van der Waals surface area contributed by atoms with E-state index < -0.39 is 142 Å². The molecule has 21 nitrogen and oxygen atoms in total. The summed E-state index contributed by atoms with van der Waals surface area (Å²) >= 11 is 0. The molecule has 0 bridgehead atoms. The van der Waals surface area contributed by atoms with Crippen LogP contribution in [0.5, 0.6) is 0 Å². The van der Waals surface area contributed by atoms with Crippen molar-refractivity contribution >= 4 is 17.8 Å². The lowest BCUT2D eigenvalue weighted by Gasteiger charge is -2.50. The van der Waals surface area contributed by atoms with E-state index in [1.165, 1.54) is 0 Å². The number of hydrogen-bond acceptors (Lipinski definition) is 18. The Morgan fingerprint density at radius 2 is 1.50 bits per heavy atom. The lowest BCUT2D eigenvalue weighted by Crippen LogP contribution is -2.71. The molecule has 3 aliphatic rings. The summed E-state index contributed by atoms with van der Waals surface area (Å²) in [6.45, 7) is -0.263. The van der Waals surface area contributed by atoms with E-state index in [4.69, 9.17) is 23.7 Å². The van der Waals surface area contributed by atoms with E-state index in [1.54, 1.807) is 0 Å². The highest BCUT2D eigenvalue weighted by atomic mass is 16.8. The van der Waals surface area contributed by atoms with E-state index in [1.807, 2.05) is 0 Å². The van der Waals surface area contributed by atoms with Gasteiger partial charge < -0.3 is 90.5 Å². The molecule has 1 unspecified atom stereocenters. The average Bonchev–Trinajstić information content (AvgIpc) is 2.99. The van der Waals surface area contributed by atoms with Gasteiger partial charge in [-0.05, 0) is 0 Å². The van der Waals surface area contributed by atoms with Gasteiger partial charge in [0.25, 0.3) is 5.79 Å². The lowest BCUT2D eigenvalue weighted by molar-refractivity contribution is -0.385. The number of aliphatic hydroxyl groups excluding tert-OH is 10. The number of aliphatic hydroxyl groups is 10. The molecule has 0 aromatic carbocycles. The minimum absolute atomic E-state index is 0.563. The molecule has 16 atom stereocenters. The predicted octanol–water partition coefficient (Wildman–Crippen LogP) is -8.08. The van der Waals surface area contributed by atoms with Crippen LogP contribution in [0.3, 0.4) is 0 Å². The van der Waals surface area contributed by atoms with Gasteiger partial charge in [-0.15, -0.1) is 0 Å². The first-order valence-corrected chi connectivity index (χ1v) is 14.2. The number of carbonyl (C=O) groups excluding carboxylic acids is 2. The maximum absolute atomic E-state index is 12.7. The average molecular weight is 675 g/mol. The quantitative estimate of drug-likeness (QED) is 0.0913. The van der Waals surface area contributed by atoms with E-state index in [-0.39, 0.29) is 0 Å². The largest absolute Gasteiger partial charge is 0.477 e. The van der Waals surface area contributed by atoms with E-state index in [0.29, 0.717) is 0 Å². The van der Waals surface area contributed by atoms with Gasteiger partial charge in [-0.3, -0.25) is 9.59 Å². The van der Waals surface area contributed by atoms with Crippen LogP contribution in [-0.2, 0) is 38.1 Å². The first-order valence-electron chi connectivity index (χ1n) is 14.2. The Hall–Kier alpha value is -2.19. The first kappa shape index (κ1) is 38.3. The fraction of sp³-hybridized carbons (Fsp3) is 0.880. The summed E-state index contributed by atoms with van der Waals surface area (Å²) in [6, 6.07) is -1.55. The number of rotatable bonds is 12. The van der Waals surface area contributed by atoms with Gasteiger partial charge in [0.1, 0.15) is 61.0 Å². The second kappa shape index (κ2) is 15.8. The van der Waals surface area contributed by atoms with Crippen molar-refractivity contribution in [2.24, 2.45) is 0 Å². The van der Waals surface area contributed by atoms with Gasteiger partial charge in [0.2, 0.25) is 11.8 Å². The van der Waals surface area contributed by atoms with Gasteiger partial charge in [-0.1, -0.05) is 0 Å². The molecule has 3 aliphatic heterocycles. The summed E-state index contributed by atoms with van der Waals surface area (Å²) in [5.41, 5.74) is 0. The molecule has 13 N–H and O–H groups in total. The molecule has 0 radical (unpaired) electrons. The Morgan fingerprint density at radius 3 is 2.04 bits per heavy atom. The molecular weight excluding hydrogens is 632 g/mol. The third-order valence-electron chi connectivity index (χ3n) is 7.84.